The SMILES string of the molecule is Cc1cc(C2NNC3CC4NC(=O)N([C@@H]5CCCN(CCc6ccc(F)cc6)C5)CC4CC32)ccn1. The van der Waals surface area contributed by atoms with Gasteiger partial charge in [-0.1, -0.05) is 12.1 Å². The van der Waals surface area contributed by atoms with Gasteiger partial charge in [-0.05, 0) is 92.8 Å². The van der Waals surface area contributed by atoms with Gasteiger partial charge in [0, 0.05) is 49.7 Å². The Kier molecular flexibility index (Phi) is 6.67. The number of nitrogens with one attached hydrogen (secondary N) is 3. The van der Waals surface area contributed by atoms with E-state index in [-0.39, 0.29) is 30.0 Å². The predicted molar refractivity (Wildman–Crippen MR) is 137 cm³/mol. The molecule has 0 spiro atoms. The van der Waals surface area contributed by atoms with E-state index in [1.807, 2.05) is 25.3 Å². The monoisotopic (exact) mass is 492 g/mol. The van der Waals surface area contributed by atoms with Gasteiger partial charge in [0.15, 0.2) is 0 Å². The van der Waals surface area contributed by atoms with Gasteiger partial charge >= 0.3 is 6.03 Å². The molecule has 6 atom stereocenters. The van der Waals surface area contributed by atoms with Crippen molar-refractivity contribution in [2.45, 2.75) is 63.2 Å². The molecule has 4 heterocycles. The van der Waals surface area contributed by atoms with Crippen LogP contribution in [0.15, 0.2) is 42.6 Å². The lowest BCUT2D eigenvalue weighted by molar-refractivity contribution is 0.0542. The van der Waals surface area contributed by atoms with Crippen LogP contribution in [0, 0.1) is 24.6 Å². The topological polar surface area (TPSA) is 72.5 Å². The van der Waals surface area contributed by atoms with Gasteiger partial charge in [0.05, 0.1) is 6.04 Å². The maximum atomic E-state index is 13.2. The number of pyridine rings is 1. The second-order valence-corrected chi connectivity index (χ2v) is 11.2. The highest BCUT2D eigenvalue weighted by Gasteiger charge is 2.48. The second kappa shape index (κ2) is 10.1. The average Bonchev–Trinajstić information content (AvgIpc) is 3.29. The standard InChI is InChI=1S/C28H37FN6O/c1-18-13-20(8-10-30-18)27-24-14-21-16-35(28(36)31-25(21)15-26(24)32-33-27)23-3-2-11-34(17-23)12-9-19-4-6-22(29)7-5-19/h4-8,10,13,21,23-27,32-33H,2-3,9,11-12,14-17H2,1H3,(H,31,36)/t21?,23-,24?,25?,26?,27?/m1/s1. The van der Waals surface area contributed by atoms with E-state index < -0.39 is 0 Å². The molecule has 2 aromatic rings. The molecule has 1 aromatic heterocycles. The van der Waals surface area contributed by atoms with Crippen molar-refractivity contribution in [2.24, 2.45) is 11.8 Å². The molecule has 0 bridgehead atoms. The minimum absolute atomic E-state index is 0.104. The summed E-state index contributed by atoms with van der Waals surface area (Å²) in [5.41, 5.74) is 10.6. The zero-order chi connectivity index (χ0) is 24.6. The first-order valence-corrected chi connectivity index (χ1v) is 13.5. The molecule has 3 saturated heterocycles. The van der Waals surface area contributed by atoms with E-state index in [4.69, 9.17) is 0 Å². The molecular formula is C28H37FN6O. The number of carbonyl (C=O) groups excluding carboxylic acids is 1. The summed E-state index contributed by atoms with van der Waals surface area (Å²) in [7, 11) is 0. The molecule has 2 amide bonds. The van der Waals surface area contributed by atoms with Crippen LogP contribution in [-0.4, -0.2) is 65.1 Å². The summed E-state index contributed by atoms with van der Waals surface area (Å²) in [6.45, 7) is 5.81. The van der Waals surface area contributed by atoms with E-state index in [1.54, 1.807) is 0 Å². The van der Waals surface area contributed by atoms with E-state index in [0.29, 0.717) is 17.9 Å². The lowest BCUT2D eigenvalue weighted by atomic mass is 9.71. The van der Waals surface area contributed by atoms with Gasteiger partial charge in [0.25, 0.3) is 0 Å². The number of likely N-dealkylation sites (tertiary alicyclic amines) is 1. The molecule has 36 heavy (non-hydrogen) atoms. The number of fused-ring (bicyclic) bond motifs is 2. The Morgan fingerprint density at radius 3 is 2.78 bits per heavy atom. The second-order valence-electron chi connectivity index (χ2n) is 11.2. The number of hydrazine groups is 1. The van der Waals surface area contributed by atoms with Crippen molar-refractivity contribution in [3.8, 4) is 0 Å². The van der Waals surface area contributed by atoms with Crippen LogP contribution in [0.5, 0.6) is 0 Å². The molecule has 1 saturated carbocycles. The molecule has 1 aromatic carbocycles. The van der Waals surface area contributed by atoms with E-state index in [2.05, 4.69) is 43.1 Å². The first kappa shape index (κ1) is 23.8. The largest absolute Gasteiger partial charge is 0.335 e. The van der Waals surface area contributed by atoms with Crippen molar-refractivity contribution in [1.82, 2.24) is 31.0 Å². The maximum Gasteiger partial charge on any atom is 0.317 e. The first-order chi connectivity index (χ1) is 17.5. The molecule has 4 aliphatic rings. The molecular weight excluding hydrogens is 455 g/mol. The van der Waals surface area contributed by atoms with Crippen LogP contribution in [0.3, 0.4) is 0 Å². The molecule has 3 aliphatic heterocycles. The summed E-state index contributed by atoms with van der Waals surface area (Å²) in [5.74, 6) is 0.778. The smallest absolute Gasteiger partial charge is 0.317 e. The number of carbonyl (C=O) groups is 1. The molecule has 3 N–H and O–H groups in total. The number of hydrogen-bond acceptors (Lipinski definition) is 5. The van der Waals surface area contributed by atoms with Gasteiger partial charge in [-0.15, -0.1) is 0 Å². The zero-order valence-electron chi connectivity index (χ0n) is 21.0. The Balaban J connectivity index is 1.09. The molecule has 0 radical (unpaired) electrons. The van der Waals surface area contributed by atoms with Crippen molar-refractivity contribution in [3.63, 3.8) is 0 Å². The predicted octanol–water partition coefficient (Wildman–Crippen LogP) is 3.17. The number of aryl methyl sites for hydroxylation is 1. The number of halogens is 1. The highest BCUT2D eigenvalue weighted by atomic mass is 19.1. The fraction of sp³-hybridized carbons (Fsp3) is 0.571. The summed E-state index contributed by atoms with van der Waals surface area (Å²) in [6, 6.07) is 12.4. The van der Waals surface area contributed by atoms with E-state index >= 15 is 0 Å². The zero-order valence-corrected chi connectivity index (χ0v) is 21.0. The fourth-order valence-electron chi connectivity index (χ4n) is 6.95. The molecule has 6 rings (SSSR count). The van der Waals surface area contributed by atoms with Gasteiger partial charge < -0.3 is 15.1 Å². The summed E-state index contributed by atoms with van der Waals surface area (Å²) < 4.78 is 13.2. The highest BCUT2D eigenvalue weighted by Crippen LogP contribution is 2.42. The number of benzene rings is 1. The Labute approximate surface area is 212 Å². The first-order valence-electron chi connectivity index (χ1n) is 13.5. The van der Waals surface area contributed by atoms with E-state index in [9.17, 15) is 9.18 Å². The number of piperidine rings is 1. The number of nitrogens with zero attached hydrogens (tertiary/aromatic N) is 3. The molecule has 7 nitrogen and oxygen atoms in total. The number of hydrogen-bond donors (Lipinski definition) is 3. The third kappa shape index (κ3) is 4.86. The molecule has 4 fully saturated rings. The number of rotatable bonds is 5. The van der Waals surface area contributed by atoms with Crippen LogP contribution in [0.1, 0.15) is 48.5 Å². The molecule has 5 unspecified atom stereocenters. The van der Waals surface area contributed by atoms with Crippen LogP contribution in [0.4, 0.5) is 9.18 Å². The van der Waals surface area contributed by atoms with Crippen LogP contribution in [-0.2, 0) is 6.42 Å². The normalized spacial score (nSPS) is 32.6. The summed E-state index contributed by atoms with van der Waals surface area (Å²) in [5, 5.41) is 3.38. The fourth-order valence-corrected chi connectivity index (χ4v) is 6.95. The van der Waals surface area contributed by atoms with Crippen molar-refractivity contribution in [2.75, 3.05) is 26.2 Å². The Hall–Kier alpha value is -2.55. The van der Waals surface area contributed by atoms with Gasteiger partial charge in [-0.25, -0.2) is 14.6 Å². The molecule has 1 aliphatic carbocycles. The highest BCUT2D eigenvalue weighted by molar-refractivity contribution is 5.76. The lowest BCUT2D eigenvalue weighted by Crippen LogP contribution is -2.64. The van der Waals surface area contributed by atoms with E-state index in [0.717, 1.165) is 69.5 Å². The maximum absolute atomic E-state index is 13.2. The number of amides is 2. The van der Waals surface area contributed by atoms with Crippen LogP contribution in [0.25, 0.3) is 0 Å². The van der Waals surface area contributed by atoms with Gasteiger partial charge in [0.2, 0.25) is 0 Å². The number of urea groups is 1. The third-order valence-corrected chi connectivity index (χ3v) is 8.85. The van der Waals surface area contributed by atoms with Crippen LogP contribution < -0.4 is 16.2 Å². The summed E-state index contributed by atoms with van der Waals surface area (Å²) in [4.78, 5) is 22.2. The minimum Gasteiger partial charge on any atom is -0.335 e. The quantitative estimate of drug-likeness (QED) is 0.598. The van der Waals surface area contributed by atoms with Gasteiger partial charge in [-0.2, -0.15) is 0 Å². The van der Waals surface area contributed by atoms with Crippen molar-refractivity contribution >= 4 is 6.03 Å². The van der Waals surface area contributed by atoms with Crippen LogP contribution in [0.2, 0.25) is 0 Å². The van der Waals surface area contributed by atoms with E-state index in [1.165, 1.54) is 17.7 Å². The summed E-state index contributed by atoms with van der Waals surface area (Å²) in [6.07, 6.45) is 7.04. The van der Waals surface area contributed by atoms with Crippen molar-refractivity contribution in [3.05, 3.63) is 65.2 Å². The Morgan fingerprint density at radius 2 is 1.94 bits per heavy atom. The minimum atomic E-state index is -0.188. The van der Waals surface area contributed by atoms with Crippen molar-refractivity contribution < 1.29 is 9.18 Å². The average molecular weight is 493 g/mol. The lowest BCUT2D eigenvalue weighted by Gasteiger charge is -2.49. The Morgan fingerprint density at radius 1 is 1.08 bits per heavy atom. The van der Waals surface area contributed by atoms with Gasteiger partial charge in [-0.3, -0.25) is 10.4 Å². The number of aromatic nitrogens is 1. The Bertz CT molecular complexity index is 1080. The third-order valence-electron chi connectivity index (χ3n) is 8.85. The summed E-state index contributed by atoms with van der Waals surface area (Å²) >= 11 is 0. The van der Waals surface area contributed by atoms with Crippen LogP contribution >= 0.6 is 0 Å². The van der Waals surface area contributed by atoms with Crippen molar-refractivity contribution in [1.29, 1.82) is 0 Å². The van der Waals surface area contributed by atoms with Gasteiger partial charge in [0.1, 0.15) is 5.82 Å². The molecule has 192 valence electrons. The molecule has 8 heteroatoms.